The Balaban J connectivity index is 0.653. The lowest BCUT2D eigenvalue weighted by molar-refractivity contribution is -0.136. The van der Waals surface area contributed by atoms with Gasteiger partial charge < -0.3 is 30.3 Å². The molecule has 5 aromatic rings. The van der Waals surface area contributed by atoms with Crippen LogP contribution in [0.5, 0.6) is 0 Å². The third-order valence-corrected chi connectivity index (χ3v) is 11.8. The third kappa shape index (κ3) is 9.47. The molecule has 1 saturated carbocycles. The summed E-state index contributed by atoms with van der Waals surface area (Å²) in [5.41, 5.74) is 4.35. The maximum absolute atomic E-state index is 15.6. The normalized spacial score (nSPS) is 17.7. The number of rotatable bonds is 18. The Kier molecular flexibility index (Phi) is 12.8. The molecular formula is C45H47FN12O8. The van der Waals surface area contributed by atoms with E-state index in [2.05, 4.69) is 41.3 Å². The van der Waals surface area contributed by atoms with Gasteiger partial charge in [0.2, 0.25) is 17.7 Å². The molecule has 4 aliphatic rings. The molecule has 3 aromatic heterocycles. The summed E-state index contributed by atoms with van der Waals surface area (Å²) in [5, 5.41) is 18.1. The molecule has 9 rings (SSSR count). The van der Waals surface area contributed by atoms with Crippen molar-refractivity contribution in [2.75, 3.05) is 76.3 Å². The molecule has 6 heterocycles. The monoisotopic (exact) mass is 902 g/mol. The summed E-state index contributed by atoms with van der Waals surface area (Å²) in [6.07, 6.45) is 12.0. The van der Waals surface area contributed by atoms with Crippen LogP contribution >= 0.6 is 0 Å². The van der Waals surface area contributed by atoms with Gasteiger partial charge in [-0.25, -0.2) is 14.4 Å². The van der Waals surface area contributed by atoms with Gasteiger partial charge in [0.15, 0.2) is 11.5 Å². The molecule has 1 aliphatic carbocycles. The molecule has 3 aliphatic heterocycles. The average Bonchev–Trinajstić information content (AvgIpc) is 3.74. The maximum Gasteiger partial charge on any atom is 0.264 e. The van der Waals surface area contributed by atoms with E-state index in [-0.39, 0.29) is 66.9 Å². The zero-order valence-electron chi connectivity index (χ0n) is 35.8. The fraction of sp³-hybridized carbons (Fsp3) is 0.356. The molecule has 21 heteroatoms. The first-order chi connectivity index (χ1) is 32.1. The van der Waals surface area contributed by atoms with Crippen LogP contribution in [0.2, 0.25) is 0 Å². The highest BCUT2D eigenvalue weighted by atomic mass is 19.1. The Hall–Kier alpha value is -7.52. The first-order valence-corrected chi connectivity index (χ1v) is 21.8. The maximum atomic E-state index is 15.6. The number of nitrogens with one attached hydrogen (secondary N) is 5. The third-order valence-electron chi connectivity index (χ3n) is 11.8. The number of benzene rings is 2. The molecular weight excluding hydrogens is 856 g/mol. The molecule has 1 unspecified atom stereocenters. The van der Waals surface area contributed by atoms with Crippen molar-refractivity contribution >= 4 is 58.3 Å². The topological polar surface area (TPSA) is 238 Å². The van der Waals surface area contributed by atoms with E-state index in [1.165, 1.54) is 24.5 Å². The summed E-state index contributed by atoms with van der Waals surface area (Å²) in [4.78, 5) is 90.1. The first kappa shape index (κ1) is 43.7. The Labute approximate surface area is 376 Å². The largest absolute Gasteiger partial charge is 0.499 e. The van der Waals surface area contributed by atoms with Gasteiger partial charge >= 0.3 is 0 Å². The summed E-state index contributed by atoms with van der Waals surface area (Å²) >= 11 is 0. The number of anilines is 3. The molecule has 2 saturated heterocycles. The van der Waals surface area contributed by atoms with E-state index < -0.39 is 35.5 Å². The molecule has 5 N–H and O–H groups in total. The highest BCUT2D eigenvalue weighted by molar-refractivity contribution is 6.25. The van der Waals surface area contributed by atoms with Gasteiger partial charge in [-0.15, -0.1) is 0 Å². The molecule has 6 amide bonds. The fourth-order valence-electron chi connectivity index (χ4n) is 8.21. The minimum atomic E-state index is -1.05. The van der Waals surface area contributed by atoms with Crippen LogP contribution in [0.3, 0.4) is 0 Å². The summed E-state index contributed by atoms with van der Waals surface area (Å²) in [6, 6.07) is 8.19. The van der Waals surface area contributed by atoms with Crippen molar-refractivity contribution in [3.8, 4) is 11.3 Å². The van der Waals surface area contributed by atoms with Crippen molar-refractivity contribution in [3.63, 3.8) is 0 Å². The molecule has 0 radical (unpaired) electrons. The second-order valence-corrected chi connectivity index (χ2v) is 16.2. The summed E-state index contributed by atoms with van der Waals surface area (Å²) in [7, 11) is 0. The quantitative estimate of drug-likeness (QED) is 0.0368. The lowest BCUT2D eigenvalue weighted by atomic mass is 10.0. The lowest BCUT2D eigenvalue weighted by Crippen LogP contribution is -2.54. The van der Waals surface area contributed by atoms with Crippen LogP contribution < -0.4 is 21.3 Å². The summed E-state index contributed by atoms with van der Waals surface area (Å²) in [6.45, 7) is 4.04. The number of amides is 6. The van der Waals surface area contributed by atoms with E-state index >= 15 is 4.39 Å². The van der Waals surface area contributed by atoms with Crippen LogP contribution in [-0.4, -0.2) is 146 Å². The standard InChI is InChI=1S/C45H47FN12O8/c46-31-22-28(6-7-32(31)52-40-41-49-25-36(29-23-50-51-24-29)57(41)26-34(53-40)27-4-5-27)43(62)56-16-14-55(15-17-56)13-11-48-37(59)10-18-65-20-21-66-19-12-47-33-3-1-2-30-39(33)45(64)58(44(30)63)35-8-9-38(60)54-42(35)61/h1-3,6-7,10,18,22-27,35,47H,4-5,8-9,11-17,19-21H2,(H,48,59)(H,50,51)(H,52,53)(H,54,60,61). The SMILES string of the molecule is O=C(C=COCCOCCNc1cccc2c1C(=O)N(C1CCC(=O)NC1=O)C2=O)NCCN1CCN(C(=O)c2ccc(Nc3nc(C4CC4)cn4c(-c5cn[nH]c5)cnc34)c(F)c2)CC1. The molecule has 1 atom stereocenters. The number of hydrogen-bond donors (Lipinski definition) is 5. The van der Waals surface area contributed by atoms with Crippen LogP contribution in [0.15, 0.2) is 73.5 Å². The van der Waals surface area contributed by atoms with Crippen LogP contribution in [0.1, 0.15) is 68.4 Å². The number of carbonyl (C=O) groups is 6. The number of H-pyrrole nitrogens is 1. The van der Waals surface area contributed by atoms with Gasteiger partial charge in [-0.2, -0.15) is 5.10 Å². The molecule has 342 valence electrons. The predicted octanol–water partition coefficient (Wildman–Crippen LogP) is 2.81. The number of imide groups is 2. The zero-order chi connectivity index (χ0) is 45.7. The Morgan fingerprint density at radius 2 is 1.79 bits per heavy atom. The summed E-state index contributed by atoms with van der Waals surface area (Å²) < 4.78 is 28.5. The number of aromatic amines is 1. The lowest BCUT2D eigenvalue weighted by Gasteiger charge is -2.34. The minimum Gasteiger partial charge on any atom is -0.499 e. The Bertz CT molecular complexity index is 2710. The van der Waals surface area contributed by atoms with Crippen LogP contribution in [0.25, 0.3) is 16.9 Å². The number of piperidine rings is 1. The van der Waals surface area contributed by atoms with Crippen LogP contribution in [0, 0.1) is 5.82 Å². The smallest absolute Gasteiger partial charge is 0.264 e. The van der Waals surface area contributed by atoms with Crippen molar-refractivity contribution in [3.05, 3.63) is 102 Å². The van der Waals surface area contributed by atoms with Gasteiger partial charge in [0.25, 0.3) is 17.7 Å². The van der Waals surface area contributed by atoms with E-state index in [4.69, 9.17) is 14.5 Å². The van der Waals surface area contributed by atoms with Crippen molar-refractivity contribution in [2.45, 2.75) is 37.6 Å². The zero-order valence-corrected chi connectivity index (χ0v) is 35.8. The van der Waals surface area contributed by atoms with Gasteiger partial charge in [0, 0.05) is 93.4 Å². The van der Waals surface area contributed by atoms with E-state index in [1.54, 1.807) is 47.8 Å². The fourth-order valence-corrected chi connectivity index (χ4v) is 8.21. The van der Waals surface area contributed by atoms with Gasteiger partial charge in [-0.05, 0) is 49.6 Å². The van der Waals surface area contributed by atoms with Crippen molar-refractivity contribution < 1.29 is 42.6 Å². The summed E-state index contributed by atoms with van der Waals surface area (Å²) in [5.74, 6) is -2.69. The van der Waals surface area contributed by atoms with Crippen molar-refractivity contribution in [1.82, 2.24) is 49.9 Å². The molecule has 66 heavy (non-hydrogen) atoms. The average molecular weight is 903 g/mol. The van der Waals surface area contributed by atoms with Gasteiger partial charge in [0.1, 0.15) is 18.5 Å². The van der Waals surface area contributed by atoms with Gasteiger partial charge in [0.05, 0.1) is 60.1 Å². The number of halogens is 1. The Morgan fingerprint density at radius 1 is 0.939 bits per heavy atom. The van der Waals surface area contributed by atoms with Crippen LogP contribution in [0.4, 0.5) is 21.6 Å². The highest BCUT2D eigenvalue weighted by Gasteiger charge is 2.45. The highest BCUT2D eigenvalue weighted by Crippen LogP contribution is 2.41. The number of imidazole rings is 1. The molecule has 0 bridgehead atoms. The number of fused-ring (bicyclic) bond motifs is 2. The number of aromatic nitrogens is 5. The number of nitrogens with zero attached hydrogens (tertiary/aromatic N) is 7. The second kappa shape index (κ2) is 19.3. The first-order valence-electron chi connectivity index (χ1n) is 21.8. The number of piperazine rings is 1. The number of ether oxygens (including phenoxy) is 2. The van der Waals surface area contributed by atoms with Crippen molar-refractivity contribution in [1.29, 1.82) is 0 Å². The number of carbonyl (C=O) groups excluding carboxylic acids is 6. The second-order valence-electron chi connectivity index (χ2n) is 16.2. The van der Waals surface area contributed by atoms with Crippen molar-refractivity contribution in [2.24, 2.45) is 0 Å². The minimum absolute atomic E-state index is 0.0391. The predicted molar refractivity (Wildman–Crippen MR) is 235 cm³/mol. The van der Waals surface area contributed by atoms with E-state index in [0.717, 1.165) is 34.7 Å². The number of hydrogen-bond acceptors (Lipinski definition) is 14. The Morgan fingerprint density at radius 3 is 2.56 bits per heavy atom. The van der Waals surface area contributed by atoms with Gasteiger partial charge in [-0.1, -0.05) is 6.07 Å². The molecule has 0 spiro atoms. The van der Waals surface area contributed by atoms with E-state index in [9.17, 15) is 28.8 Å². The van der Waals surface area contributed by atoms with E-state index in [0.29, 0.717) is 68.9 Å². The molecule has 2 aromatic carbocycles. The molecule has 3 fully saturated rings. The molecule has 20 nitrogen and oxygen atoms in total. The van der Waals surface area contributed by atoms with Crippen LogP contribution in [-0.2, 0) is 23.9 Å². The van der Waals surface area contributed by atoms with Gasteiger partial charge in [-0.3, -0.25) is 53.4 Å². The van der Waals surface area contributed by atoms with E-state index in [1.807, 2.05) is 10.6 Å².